The van der Waals surface area contributed by atoms with Gasteiger partial charge < -0.3 is 5.73 Å². The molecule has 0 amide bonds. The number of rotatable bonds is 4. The fourth-order valence-electron chi connectivity index (χ4n) is 1.04. The van der Waals surface area contributed by atoms with Crippen LogP contribution in [0.25, 0.3) is 16.5 Å². The van der Waals surface area contributed by atoms with Gasteiger partial charge in [-0.2, -0.15) is 0 Å². The fourth-order valence-corrected chi connectivity index (χ4v) is 1.04. The van der Waals surface area contributed by atoms with E-state index < -0.39 is 0 Å². The highest BCUT2D eigenvalue weighted by Crippen LogP contribution is 2.05. The van der Waals surface area contributed by atoms with Gasteiger partial charge in [-0.25, -0.2) is 0 Å². The van der Waals surface area contributed by atoms with Gasteiger partial charge in [-0.1, -0.05) is 41.5 Å². The van der Waals surface area contributed by atoms with Crippen LogP contribution in [0.3, 0.4) is 0 Å². The molecular formula is C10H12N4. The first-order valence-electron chi connectivity index (χ1n) is 4.33. The van der Waals surface area contributed by atoms with E-state index in [1.807, 2.05) is 36.4 Å². The summed E-state index contributed by atoms with van der Waals surface area (Å²) in [6.45, 7) is 0.942. The van der Waals surface area contributed by atoms with E-state index in [-0.39, 0.29) is 0 Å². The van der Waals surface area contributed by atoms with Gasteiger partial charge in [-0.3, -0.25) is 0 Å². The van der Waals surface area contributed by atoms with Crippen LogP contribution in [0.5, 0.6) is 0 Å². The molecule has 1 aromatic carbocycles. The lowest BCUT2D eigenvalue weighted by molar-refractivity contribution is 1.07. The van der Waals surface area contributed by atoms with Crippen LogP contribution in [0.2, 0.25) is 0 Å². The smallest absolute Gasteiger partial charge is 0.0443 e. The summed E-state index contributed by atoms with van der Waals surface area (Å²) in [5.74, 6) is 0. The second kappa shape index (κ2) is 5.80. The SMILES string of the molecule is [N-]=[N+]=NCC=Cc1ccc(CN)cc1. The third-order valence-electron chi connectivity index (χ3n) is 1.78. The molecule has 0 heterocycles. The van der Waals surface area contributed by atoms with Crippen molar-refractivity contribution in [2.45, 2.75) is 6.54 Å². The van der Waals surface area contributed by atoms with E-state index in [0.717, 1.165) is 11.1 Å². The number of hydrogen-bond donors (Lipinski definition) is 1. The highest BCUT2D eigenvalue weighted by atomic mass is 15.1. The molecule has 0 radical (unpaired) electrons. The Hall–Kier alpha value is -1.77. The molecule has 0 bridgehead atoms. The maximum Gasteiger partial charge on any atom is 0.0443 e. The number of hydrogen-bond acceptors (Lipinski definition) is 2. The molecule has 0 spiro atoms. The van der Waals surface area contributed by atoms with Crippen molar-refractivity contribution in [1.82, 2.24) is 0 Å². The Bertz CT molecular complexity index is 347. The van der Waals surface area contributed by atoms with Gasteiger partial charge in [0.25, 0.3) is 0 Å². The van der Waals surface area contributed by atoms with Crippen molar-refractivity contribution in [2.75, 3.05) is 6.54 Å². The summed E-state index contributed by atoms with van der Waals surface area (Å²) in [6.07, 6.45) is 3.73. The molecule has 0 aliphatic rings. The molecule has 0 aromatic heterocycles. The van der Waals surface area contributed by atoms with Crippen LogP contribution in [-0.4, -0.2) is 6.54 Å². The largest absolute Gasteiger partial charge is 0.326 e. The minimum atomic E-state index is 0.384. The summed E-state index contributed by atoms with van der Waals surface area (Å²) in [4.78, 5) is 2.65. The third kappa shape index (κ3) is 3.31. The molecule has 0 saturated heterocycles. The molecule has 14 heavy (non-hydrogen) atoms. The lowest BCUT2D eigenvalue weighted by Gasteiger charge is -1.96. The number of benzene rings is 1. The molecule has 0 fully saturated rings. The minimum absolute atomic E-state index is 0.384. The van der Waals surface area contributed by atoms with Crippen LogP contribution in [-0.2, 0) is 6.54 Å². The number of nitrogens with two attached hydrogens (primary N) is 1. The van der Waals surface area contributed by atoms with Gasteiger partial charge >= 0.3 is 0 Å². The van der Waals surface area contributed by atoms with Crippen LogP contribution in [0.4, 0.5) is 0 Å². The first-order valence-corrected chi connectivity index (χ1v) is 4.33. The van der Waals surface area contributed by atoms with E-state index in [1.165, 1.54) is 0 Å². The molecule has 0 aliphatic carbocycles. The summed E-state index contributed by atoms with van der Waals surface area (Å²) >= 11 is 0. The van der Waals surface area contributed by atoms with Crippen molar-refractivity contribution in [3.05, 3.63) is 51.9 Å². The summed E-state index contributed by atoms with van der Waals surface area (Å²) in [5, 5.41) is 3.39. The third-order valence-corrected chi connectivity index (χ3v) is 1.78. The monoisotopic (exact) mass is 188 g/mol. The second-order valence-corrected chi connectivity index (χ2v) is 2.76. The predicted molar refractivity (Wildman–Crippen MR) is 57.4 cm³/mol. The lowest BCUT2D eigenvalue weighted by Crippen LogP contribution is -1.94. The number of nitrogens with zero attached hydrogens (tertiary/aromatic N) is 3. The van der Waals surface area contributed by atoms with Gasteiger partial charge in [-0.15, -0.1) is 0 Å². The van der Waals surface area contributed by atoms with Gasteiger partial charge in [-0.05, 0) is 16.7 Å². The van der Waals surface area contributed by atoms with Crippen molar-refractivity contribution in [2.24, 2.45) is 10.8 Å². The maximum absolute atomic E-state index is 8.04. The first kappa shape index (κ1) is 10.3. The van der Waals surface area contributed by atoms with E-state index >= 15 is 0 Å². The molecule has 4 heteroatoms. The van der Waals surface area contributed by atoms with Gasteiger partial charge in [0.15, 0.2) is 0 Å². The van der Waals surface area contributed by atoms with Crippen LogP contribution in [0.1, 0.15) is 11.1 Å². The molecule has 1 rings (SSSR count). The van der Waals surface area contributed by atoms with Crippen molar-refractivity contribution >= 4 is 6.08 Å². The van der Waals surface area contributed by atoms with Gasteiger partial charge in [0, 0.05) is 18.0 Å². The Morgan fingerprint density at radius 3 is 2.64 bits per heavy atom. The zero-order chi connectivity index (χ0) is 10.2. The molecule has 72 valence electrons. The zero-order valence-electron chi connectivity index (χ0n) is 7.80. The zero-order valence-corrected chi connectivity index (χ0v) is 7.80. The van der Waals surface area contributed by atoms with Crippen molar-refractivity contribution in [1.29, 1.82) is 0 Å². The topological polar surface area (TPSA) is 74.8 Å². The van der Waals surface area contributed by atoms with Gasteiger partial charge in [0.1, 0.15) is 0 Å². The molecule has 1 aromatic rings. The molecule has 0 saturated carbocycles. The van der Waals surface area contributed by atoms with Crippen LogP contribution < -0.4 is 5.73 Å². The molecule has 4 nitrogen and oxygen atoms in total. The standard InChI is InChI=1S/C10H12N4/c11-8-10-5-3-9(4-6-10)2-1-7-13-14-12/h1-6H,7-8,11H2. The van der Waals surface area contributed by atoms with E-state index in [1.54, 1.807) is 0 Å². The minimum Gasteiger partial charge on any atom is -0.326 e. The number of azide groups is 1. The molecule has 0 aliphatic heterocycles. The Morgan fingerprint density at radius 1 is 1.36 bits per heavy atom. The van der Waals surface area contributed by atoms with Gasteiger partial charge in [0.05, 0.1) is 0 Å². The normalized spacial score (nSPS) is 10.1. The second-order valence-electron chi connectivity index (χ2n) is 2.76. The Labute approximate surface area is 82.7 Å². The predicted octanol–water partition coefficient (Wildman–Crippen LogP) is 2.47. The van der Waals surface area contributed by atoms with Crippen LogP contribution >= 0.6 is 0 Å². The van der Waals surface area contributed by atoms with E-state index in [9.17, 15) is 0 Å². The molecular weight excluding hydrogens is 176 g/mol. The average Bonchev–Trinajstić information content (AvgIpc) is 2.25. The van der Waals surface area contributed by atoms with Crippen molar-refractivity contribution < 1.29 is 0 Å². The summed E-state index contributed by atoms with van der Waals surface area (Å²) in [6, 6.07) is 7.92. The first-order chi connectivity index (χ1) is 6.86. The fraction of sp³-hybridized carbons (Fsp3) is 0.200. The lowest BCUT2D eigenvalue weighted by atomic mass is 10.1. The molecule has 2 N–H and O–H groups in total. The Morgan fingerprint density at radius 2 is 2.07 bits per heavy atom. The summed E-state index contributed by atoms with van der Waals surface area (Å²) < 4.78 is 0. The summed E-state index contributed by atoms with van der Waals surface area (Å²) in [7, 11) is 0. The maximum atomic E-state index is 8.04. The average molecular weight is 188 g/mol. The van der Waals surface area contributed by atoms with Crippen molar-refractivity contribution in [3.8, 4) is 0 Å². The molecule has 0 unspecified atom stereocenters. The quantitative estimate of drug-likeness (QED) is 0.440. The highest BCUT2D eigenvalue weighted by Gasteiger charge is 1.88. The Kier molecular flexibility index (Phi) is 4.27. The van der Waals surface area contributed by atoms with E-state index in [2.05, 4.69) is 10.0 Å². The molecule has 0 atom stereocenters. The van der Waals surface area contributed by atoms with Crippen molar-refractivity contribution in [3.63, 3.8) is 0 Å². The Balaban J connectivity index is 2.59. The van der Waals surface area contributed by atoms with Gasteiger partial charge in [0.2, 0.25) is 0 Å². The van der Waals surface area contributed by atoms with Crippen LogP contribution in [0, 0.1) is 0 Å². The highest BCUT2D eigenvalue weighted by molar-refractivity contribution is 5.49. The van der Waals surface area contributed by atoms with Crippen LogP contribution in [0.15, 0.2) is 35.5 Å². The summed E-state index contributed by atoms with van der Waals surface area (Å²) in [5.41, 5.74) is 15.7. The van der Waals surface area contributed by atoms with E-state index in [0.29, 0.717) is 13.1 Å². The van der Waals surface area contributed by atoms with E-state index in [4.69, 9.17) is 11.3 Å².